The lowest BCUT2D eigenvalue weighted by molar-refractivity contribution is 0.0947. The number of aryl methyl sites for hydroxylation is 2. The van der Waals surface area contributed by atoms with E-state index >= 15 is 0 Å². The minimum atomic E-state index is -0.636. The van der Waals surface area contributed by atoms with E-state index in [1.165, 1.54) is 11.3 Å². The zero-order valence-electron chi connectivity index (χ0n) is 12.2. The number of carbonyl (C=O) groups is 1. The third kappa shape index (κ3) is 2.78. The fraction of sp³-hybridized carbons (Fsp3) is 0.188. The molecule has 0 unspecified atom stereocenters. The van der Waals surface area contributed by atoms with Gasteiger partial charge >= 0.3 is 5.63 Å². The zero-order valence-corrected chi connectivity index (χ0v) is 13.0. The van der Waals surface area contributed by atoms with Crippen LogP contribution in [0.2, 0.25) is 0 Å². The van der Waals surface area contributed by atoms with Gasteiger partial charge in [0.05, 0.1) is 12.2 Å². The predicted molar refractivity (Wildman–Crippen MR) is 85.2 cm³/mol. The van der Waals surface area contributed by atoms with Crippen LogP contribution in [-0.2, 0) is 6.54 Å². The topological polar surface area (TPSA) is 72.2 Å². The molecule has 0 aliphatic rings. The molecule has 1 amide bonds. The minimum Gasteiger partial charge on any atom is -0.422 e. The highest BCUT2D eigenvalue weighted by Crippen LogP contribution is 2.16. The average Bonchev–Trinajstić information content (AvgIpc) is 2.82. The number of rotatable bonds is 3. The highest BCUT2D eigenvalue weighted by molar-refractivity contribution is 7.11. The highest BCUT2D eigenvalue weighted by atomic mass is 32.1. The molecule has 22 heavy (non-hydrogen) atoms. The van der Waals surface area contributed by atoms with Crippen LogP contribution in [0.5, 0.6) is 0 Å². The van der Waals surface area contributed by atoms with Crippen LogP contribution in [0.3, 0.4) is 0 Å². The highest BCUT2D eigenvalue weighted by Gasteiger charge is 2.14. The van der Waals surface area contributed by atoms with Gasteiger partial charge in [-0.3, -0.25) is 4.79 Å². The van der Waals surface area contributed by atoms with Gasteiger partial charge in [0, 0.05) is 10.3 Å². The number of fused-ring (bicyclic) bond motifs is 1. The molecule has 0 aliphatic heterocycles. The molecule has 0 bridgehead atoms. The number of hydrogen-bond donors (Lipinski definition) is 1. The largest absolute Gasteiger partial charge is 0.422 e. The molecule has 0 spiro atoms. The lowest BCUT2D eigenvalue weighted by Gasteiger charge is -2.03. The number of hydrogen-bond acceptors (Lipinski definition) is 5. The molecule has 1 aromatic carbocycles. The molecule has 0 aliphatic carbocycles. The van der Waals surface area contributed by atoms with Crippen molar-refractivity contribution in [3.05, 3.63) is 61.9 Å². The van der Waals surface area contributed by atoms with E-state index in [4.69, 9.17) is 4.42 Å². The van der Waals surface area contributed by atoms with Crippen molar-refractivity contribution in [3.8, 4) is 0 Å². The van der Waals surface area contributed by atoms with Crippen LogP contribution in [0.4, 0.5) is 0 Å². The first kappa shape index (κ1) is 14.5. The normalized spacial score (nSPS) is 10.8. The van der Waals surface area contributed by atoms with Gasteiger partial charge in [0.1, 0.15) is 16.2 Å². The summed E-state index contributed by atoms with van der Waals surface area (Å²) in [6.07, 6.45) is 0. The van der Waals surface area contributed by atoms with Crippen molar-refractivity contribution in [1.82, 2.24) is 10.3 Å². The summed E-state index contributed by atoms with van der Waals surface area (Å²) in [5.74, 6) is -0.454. The fourth-order valence-electron chi connectivity index (χ4n) is 2.09. The van der Waals surface area contributed by atoms with E-state index < -0.39 is 11.5 Å². The second kappa shape index (κ2) is 5.73. The van der Waals surface area contributed by atoms with E-state index in [1.807, 2.05) is 19.9 Å². The van der Waals surface area contributed by atoms with Crippen LogP contribution in [0.15, 0.2) is 39.5 Å². The Morgan fingerprint density at radius 3 is 2.82 bits per heavy atom. The molecule has 0 saturated heterocycles. The summed E-state index contributed by atoms with van der Waals surface area (Å²) in [7, 11) is 0. The van der Waals surface area contributed by atoms with E-state index in [0.717, 1.165) is 15.6 Å². The van der Waals surface area contributed by atoms with Crippen LogP contribution in [0, 0.1) is 13.8 Å². The Morgan fingerprint density at radius 1 is 1.32 bits per heavy atom. The maximum Gasteiger partial charge on any atom is 0.349 e. The zero-order chi connectivity index (χ0) is 15.7. The lowest BCUT2D eigenvalue weighted by Crippen LogP contribution is -2.27. The second-order valence-corrected chi connectivity index (χ2v) is 6.20. The molecular formula is C16H14N2O3S. The summed E-state index contributed by atoms with van der Waals surface area (Å²) < 4.78 is 5.16. The monoisotopic (exact) mass is 314 g/mol. The Bertz CT molecular complexity index is 892. The summed E-state index contributed by atoms with van der Waals surface area (Å²) in [6.45, 7) is 4.20. The SMILES string of the molecule is Cc1nc(CNC(=O)c2cc3ccccc3oc2=O)sc1C. The minimum absolute atomic E-state index is 0.00343. The molecule has 0 atom stereocenters. The lowest BCUT2D eigenvalue weighted by atomic mass is 10.2. The van der Waals surface area contributed by atoms with E-state index in [0.29, 0.717) is 17.5 Å². The third-order valence-electron chi connectivity index (χ3n) is 3.36. The number of thiazole rings is 1. The standard InChI is InChI=1S/C16H14N2O3S/c1-9-10(2)22-14(18-9)8-17-15(19)12-7-11-5-3-4-6-13(11)21-16(12)20/h3-7H,8H2,1-2H3,(H,17,19). The van der Waals surface area contributed by atoms with Gasteiger partial charge in [-0.1, -0.05) is 18.2 Å². The van der Waals surface area contributed by atoms with Crippen molar-refractivity contribution in [1.29, 1.82) is 0 Å². The predicted octanol–water partition coefficient (Wildman–Crippen LogP) is 2.80. The van der Waals surface area contributed by atoms with E-state index in [1.54, 1.807) is 24.3 Å². The summed E-state index contributed by atoms with van der Waals surface area (Å²) in [4.78, 5) is 29.6. The Kier molecular flexibility index (Phi) is 3.77. The van der Waals surface area contributed by atoms with E-state index in [9.17, 15) is 9.59 Å². The first-order chi connectivity index (χ1) is 10.5. The van der Waals surface area contributed by atoms with Gasteiger partial charge in [0.2, 0.25) is 0 Å². The van der Waals surface area contributed by atoms with Crippen molar-refractivity contribution in [2.24, 2.45) is 0 Å². The molecular weight excluding hydrogens is 300 g/mol. The van der Waals surface area contributed by atoms with Crippen LogP contribution in [0.1, 0.15) is 25.9 Å². The van der Waals surface area contributed by atoms with Gasteiger partial charge < -0.3 is 9.73 Å². The number of benzene rings is 1. The number of para-hydroxylation sites is 1. The molecule has 3 rings (SSSR count). The van der Waals surface area contributed by atoms with Crippen molar-refractivity contribution >= 4 is 28.2 Å². The Hall–Kier alpha value is -2.47. The van der Waals surface area contributed by atoms with Gasteiger partial charge in [-0.05, 0) is 26.0 Å². The Labute approximate surface area is 130 Å². The third-order valence-corrected chi connectivity index (χ3v) is 4.43. The van der Waals surface area contributed by atoms with Crippen LogP contribution in [0.25, 0.3) is 11.0 Å². The van der Waals surface area contributed by atoms with Crippen molar-refractivity contribution < 1.29 is 9.21 Å². The number of nitrogens with one attached hydrogen (secondary N) is 1. The average molecular weight is 314 g/mol. The summed E-state index contributed by atoms with van der Waals surface area (Å²) in [5, 5.41) is 4.24. The number of nitrogens with zero attached hydrogens (tertiary/aromatic N) is 1. The van der Waals surface area contributed by atoms with Crippen molar-refractivity contribution in [2.75, 3.05) is 0 Å². The van der Waals surface area contributed by atoms with Crippen molar-refractivity contribution in [3.63, 3.8) is 0 Å². The molecule has 112 valence electrons. The Morgan fingerprint density at radius 2 is 2.09 bits per heavy atom. The second-order valence-electron chi connectivity index (χ2n) is 4.92. The smallest absolute Gasteiger partial charge is 0.349 e. The van der Waals surface area contributed by atoms with Crippen LogP contribution < -0.4 is 10.9 Å². The quantitative estimate of drug-likeness (QED) is 0.755. The molecule has 2 aromatic heterocycles. The van der Waals surface area contributed by atoms with Crippen LogP contribution >= 0.6 is 11.3 Å². The Balaban J connectivity index is 1.82. The van der Waals surface area contributed by atoms with Gasteiger partial charge in [-0.2, -0.15) is 0 Å². The fourth-order valence-corrected chi connectivity index (χ4v) is 2.96. The summed E-state index contributed by atoms with van der Waals surface area (Å²) >= 11 is 1.53. The molecule has 1 N–H and O–H groups in total. The van der Waals surface area contributed by atoms with Gasteiger partial charge in [0.15, 0.2) is 0 Å². The molecule has 3 aromatic rings. The van der Waals surface area contributed by atoms with E-state index in [-0.39, 0.29) is 5.56 Å². The molecule has 0 radical (unpaired) electrons. The molecule has 6 heteroatoms. The summed E-state index contributed by atoms with van der Waals surface area (Å²) in [6, 6.07) is 8.64. The first-order valence-corrected chi connectivity index (χ1v) is 7.60. The molecule has 0 fully saturated rings. The molecule has 0 saturated carbocycles. The maximum atomic E-state index is 12.2. The number of amides is 1. The van der Waals surface area contributed by atoms with Crippen LogP contribution in [-0.4, -0.2) is 10.9 Å². The number of aromatic nitrogens is 1. The maximum absolute atomic E-state index is 12.2. The van der Waals surface area contributed by atoms with Crippen molar-refractivity contribution in [2.45, 2.75) is 20.4 Å². The first-order valence-electron chi connectivity index (χ1n) is 6.78. The summed E-state index contributed by atoms with van der Waals surface area (Å²) in [5.41, 5.74) is 0.793. The van der Waals surface area contributed by atoms with Gasteiger partial charge in [0.25, 0.3) is 5.91 Å². The van der Waals surface area contributed by atoms with E-state index in [2.05, 4.69) is 10.3 Å². The van der Waals surface area contributed by atoms with Gasteiger partial charge in [-0.25, -0.2) is 9.78 Å². The molecule has 5 nitrogen and oxygen atoms in total. The number of carbonyl (C=O) groups excluding carboxylic acids is 1. The van der Waals surface area contributed by atoms with Gasteiger partial charge in [-0.15, -0.1) is 11.3 Å². The molecule has 2 heterocycles.